The maximum atomic E-state index is 11.7. The first-order chi connectivity index (χ1) is 9.61. The summed E-state index contributed by atoms with van der Waals surface area (Å²) in [5, 5.41) is 13.1. The summed E-state index contributed by atoms with van der Waals surface area (Å²) in [4.78, 5) is 33.3. The fourth-order valence-electron chi connectivity index (χ4n) is 1.25. The molecule has 0 fully saturated rings. The minimum absolute atomic E-state index is 0.0981. The predicted molar refractivity (Wildman–Crippen MR) is 79.8 cm³/mol. The van der Waals surface area contributed by atoms with Crippen molar-refractivity contribution in [1.82, 2.24) is 0 Å². The molecule has 0 atom stereocenters. The molecule has 0 aliphatic carbocycles. The molecule has 0 radical (unpaired) electrons. The van der Waals surface area contributed by atoms with Crippen molar-refractivity contribution in [3.05, 3.63) is 32.8 Å². The number of hydrogen-bond acceptors (Lipinski definition) is 5. The lowest BCUT2D eigenvalue weighted by molar-refractivity contribution is -0.384. The van der Waals surface area contributed by atoms with Gasteiger partial charge in [0, 0.05) is 16.6 Å². The number of anilines is 1. The number of rotatable bonds is 4. The second-order valence-electron chi connectivity index (χ2n) is 5.30. The van der Waals surface area contributed by atoms with Gasteiger partial charge in [0.05, 0.1) is 16.0 Å². The number of carbonyl (C=O) groups excluding carboxylic acids is 2. The van der Waals surface area contributed by atoms with E-state index in [2.05, 4.69) is 21.2 Å². The molecule has 1 rings (SSSR count). The van der Waals surface area contributed by atoms with Crippen molar-refractivity contribution in [3.63, 3.8) is 0 Å². The van der Waals surface area contributed by atoms with Crippen molar-refractivity contribution in [1.29, 1.82) is 0 Å². The van der Waals surface area contributed by atoms with Crippen molar-refractivity contribution in [2.75, 3.05) is 11.9 Å². The van der Waals surface area contributed by atoms with Crippen LogP contribution in [0.1, 0.15) is 20.8 Å². The number of benzene rings is 1. The number of esters is 1. The van der Waals surface area contributed by atoms with Gasteiger partial charge in [-0.25, -0.2) is 0 Å². The minimum atomic E-state index is -0.686. The average molecular weight is 359 g/mol. The van der Waals surface area contributed by atoms with Crippen LogP contribution in [0.2, 0.25) is 0 Å². The number of nitro benzene ring substituents is 1. The molecule has 7 nitrogen and oxygen atoms in total. The zero-order valence-corrected chi connectivity index (χ0v) is 13.4. The largest absolute Gasteiger partial charge is 0.455 e. The van der Waals surface area contributed by atoms with E-state index >= 15 is 0 Å². The van der Waals surface area contributed by atoms with Gasteiger partial charge in [-0.2, -0.15) is 0 Å². The molecule has 0 bridgehead atoms. The molecule has 0 aliphatic rings. The normalized spacial score (nSPS) is 10.9. The summed E-state index contributed by atoms with van der Waals surface area (Å²) >= 11 is 3.13. The van der Waals surface area contributed by atoms with E-state index in [1.165, 1.54) is 18.2 Å². The minimum Gasteiger partial charge on any atom is -0.455 e. The third-order valence-electron chi connectivity index (χ3n) is 2.38. The van der Waals surface area contributed by atoms with Crippen LogP contribution in [0.5, 0.6) is 0 Å². The summed E-state index contributed by atoms with van der Waals surface area (Å²) in [5.74, 6) is -1.01. The summed E-state index contributed by atoms with van der Waals surface area (Å²) in [6.07, 6.45) is 0. The lowest BCUT2D eigenvalue weighted by Crippen LogP contribution is -2.28. The van der Waals surface area contributed by atoms with Crippen LogP contribution in [0.25, 0.3) is 0 Å². The van der Waals surface area contributed by atoms with Gasteiger partial charge in [0.1, 0.15) is 0 Å². The Labute approximate surface area is 129 Å². The van der Waals surface area contributed by atoms with Gasteiger partial charge < -0.3 is 10.1 Å². The highest BCUT2D eigenvalue weighted by Crippen LogP contribution is 2.27. The topological polar surface area (TPSA) is 98.5 Å². The Morgan fingerprint density at radius 1 is 1.38 bits per heavy atom. The van der Waals surface area contributed by atoms with E-state index < -0.39 is 28.8 Å². The van der Waals surface area contributed by atoms with E-state index in [0.717, 1.165) is 0 Å². The van der Waals surface area contributed by atoms with Crippen LogP contribution >= 0.6 is 15.9 Å². The molecular formula is C13H15BrN2O5. The SMILES string of the molecule is CC(C)(C)C(=O)OCC(=O)Nc1ccc([N+](=O)[O-])cc1Br. The monoisotopic (exact) mass is 358 g/mol. The first-order valence-electron chi connectivity index (χ1n) is 6.02. The van der Waals surface area contributed by atoms with Crippen LogP contribution in [0.3, 0.4) is 0 Å². The number of non-ortho nitro benzene ring substituents is 1. The molecule has 8 heteroatoms. The van der Waals surface area contributed by atoms with Gasteiger partial charge in [0.2, 0.25) is 0 Å². The summed E-state index contributed by atoms with van der Waals surface area (Å²) in [7, 11) is 0. The van der Waals surface area contributed by atoms with Crippen LogP contribution in [-0.4, -0.2) is 23.4 Å². The van der Waals surface area contributed by atoms with Crippen molar-refractivity contribution in [2.45, 2.75) is 20.8 Å². The molecule has 1 amide bonds. The smallest absolute Gasteiger partial charge is 0.311 e. The van der Waals surface area contributed by atoms with E-state index in [1.54, 1.807) is 20.8 Å². The van der Waals surface area contributed by atoms with Crippen LogP contribution in [0.4, 0.5) is 11.4 Å². The fraction of sp³-hybridized carbons (Fsp3) is 0.385. The average Bonchev–Trinajstić information content (AvgIpc) is 2.36. The van der Waals surface area contributed by atoms with Crippen molar-refractivity contribution < 1.29 is 19.2 Å². The molecule has 0 aliphatic heterocycles. The van der Waals surface area contributed by atoms with Crippen molar-refractivity contribution >= 4 is 39.2 Å². The Morgan fingerprint density at radius 2 is 2.00 bits per heavy atom. The van der Waals surface area contributed by atoms with Crippen LogP contribution in [-0.2, 0) is 14.3 Å². The first kappa shape index (κ1) is 17.1. The van der Waals surface area contributed by atoms with Gasteiger partial charge in [-0.15, -0.1) is 0 Å². The lowest BCUT2D eigenvalue weighted by Gasteiger charge is -2.16. The van der Waals surface area contributed by atoms with Gasteiger partial charge in [-0.3, -0.25) is 19.7 Å². The summed E-state index contributed by atoms with van der Waals surface area (Å²) < 4.78 is 5.24. The van der Waals surface area contributed by atoms with Gasteiger partial charge in [-0.05, 0) is 42.8 Å². The Bertz CT molecular complexity index is 580. The van der Waals surface area contributed by atoms with Crippen molar-refractivity contribution in [3.8, 4) is 0 Å². The van der Waals surface area contributed by atoms with Gasteiger partial charge in [0.25, 0.3) is 11.6 Å². The zero-order chi connectivity index (χ0) is 16.2. The van der Waals surface area contributed by atoms with Crippen molar-refractivity contribution in [2.24, 2.45) is 5.41 Å². The second kappa shape index (κ2) is 6.66. The highest BCUT2D eigenvalue weighted by Gasteiger charge is 2.23. The number of nitrogens with one attached hydrogen (secondary N) is 1. The molecule has 0 aromatic heterocycles. The Morgan fingerprint density at radius 3 is 2.48 bits per heavy atom. The number of hydrogen-bond donors (Lipinski definition) is 1. The number of carbonyl (C=O) groups is 2. The van der Waals surface area contributed by atoms with E-state index in [4.69, 9.17) is 4.74 Å². The predicted octanol–water partition coefficient (Wildman–Crippen LogP) is 2.89. The first-order valence-corrected chi connectivity index (χ1v) is 6.81. The quantitative estimate of drug-likeness (QED) is 0.506. The van der Waals surface area contributed by atoms with E-state index in [-0.39, 0.29) is 5.69 Å². The van der Waals surface area contributed by atoms with Crippen LogP contribution < -0.4 is 5.32 Å². The zero-order valence-electron chi connectivity index (χ0n) is 11.8. The summed E-state index contributed by atoms with van der Waals surface area (Å²) in [6, 6.07) is 3.93. The standard InChI is InChI=1S/C13H15BrN2O5/c1-13(2,3)12(18)21-7-11(17)15-10-5-4-8(16(19)20)6-9(10)14/h4-6H,7H2,1-3H3,(H,15,17). The summed E-state index contributed by atoms with van der Waals surface area (Å²) in [6.45, 7) is 4.62. The molecule has 0 heterocycles. The molecule has 0 saturated heterocycles. The molecule has 0 saturated carbocycles. The lowest BCUT2D eigenvalue weighted by atomic mass is 9.97. The van der Waals surface area contributed by atoms with Gasteiger partial charge in [-0.1, -0.05) is 0 Å². The third-order valence-corrected chi connectivity index (χ3v) is 3.04. The molecule has 1 aromatic rings. The number of nitrogens with zero attached hydrogens (tertiary/aromatic N) is 1. The van der Waals surface area contributed by atoms with E-state index in [0.29, 0.717) is 10.2 Å². The Hall–Kier alpha value is -1.96. The maximum absolute atomic E-state index is 11.7. The number of nitro groups is 1. The Balaban J connectivity index is 2.64. The highest BCUT2D eigenvalue weighted by atomic mass is 79.9. The van der Waals surface area contributed by atoms with Gasteiger partial charge in [0.15, 0.2) is 6.61 Å². The maximum Gasteiger partial charge on any atom is 0.311 e. The second-order valence-corrected chi connectivity index (χ2v) is 6.15. The van der Waals surface area contributed by atoms with E-state index in [1.807, 2.05) is 0 Å². The molecule has 0 spiro atoms. The molecule has 1 aromatic carbocycles. The molecule has 21 heavy (non-hydrogen) atoms. The third kappa shape index (κ3) is 5.14. The fourth-order valence-corrected chi connectivity index (χ4v) is 1.72. The van der Waals surface area contributed by atoms with Gasteiger partial charge >= 0.3 is 5.97 Å². The molecular weight excluding hydrogens is 344 g/mol. The Kier molecular flexibility index (Phi) is 5.42. The van der Waals surface area contributed by atoms with Crippen LogP contribution in [0, 0.1) is 15.5 Å². The van der Waals surface area contributed by atoms with E-state index in [9.17, 15) is 19.7 Å². The summed E-state index contributed by atoms with van der Waals surface area (Å²) in [5.41, 5.74) is -0.426. The molecule has 0 unspecified atom stereocenters. The number of amides is 1. The molecule has 114 valence electrons. The number of ether oxygens (including phenoxy) is 1. The molecule has 1 N–H and O–H groups in total. The highest BCUT2D eigenvalue weighted by molar-refractivity contribution is 9.10. The van der Waals surface area contributed by atoms with Crippen LogP contribution in [0.15, 0.2) is 22.7 Å². The number of halogens is 1.